The van der Waals surface area contributed by atoms with Gasteiger partial charge in [-0.25, -0.2) is 0 Å². The van der Waals surface area contributed by atoms with Gasteiger partial charge < -0.3 is 4.43 Å². The fourth-order valence-corrected chi connectivity index (χ4v) is 1.40. The molecule has 0 saturated carbocycles. The van der Waals surface area contributed by atoms with E-state index in [1.807, 2.05) is 0 Å². The van der Waals surface area contributed by atoms with Crippen molar-refractivity contribution in [1.82, 2.24) is 0 Å². The highest BCUT2D eigenvalue weighted by Crippen LogP contribution is 2.05. The van der Waals surface area contributed by atoms with E-state index in [2.05, 4.69) is 36.7 Å². The Hall–Kier alpha value is 0.657. The van der Waals surface area contributed by atoms with Crippen LogP contribution >= 0.6 is 15.9 Å². The first-order valence-corrected chi connectivity index (χ1v) is 5.27. The second kappa shape index (κ2) is 4.47. The molecule has 0 saturated heterocycles. The topological polar surface area (TPSA) is 9.23 Å². The average Bonchev–Trinajstić information content (AvgIpc) is 1.63. The normalized spacial score (nSPS) is 12.0. The van der Waals surface area contributed by atoms with Crippen LogP contribution in [-0.2, 0) is 4.43 Å². The first-order valence-electron chi connectivity index (χ1n) is 3.03. The van der Waals surface area contributed by atoms with Gasteiger partial charge >= 0.3 is 0 Å². The summed E-state index contributed by atoms with van der Waals surface area (Å²) in [7, 11) is 0.637. The Bertz CT molecular complexity index is 69.9. The van der Waals surface area contributed by atoms with Gasteiger partial charge in [-0.05, 0) is 26.8 Å². The summed E-state index contributed by atoms with van der Waals surface area (Å²) < 4.78 is 5.47. The van der Waals surface area contributed by atoms with Gasteiger partial charge in [-0.3, -0.25) is 0 Å². The maximum atomic E-state index is 5.47. The molecule has 1 nitrogen and oxygen atoms in total. The molecule has 0 unspecified atom stereocenters. The van der Waals surface area contributed by atoms with Gasteiger partial charge in [0.1, 0.15) is 0 Å². The molecule has 0 aliphatic heterocycles. The molecule has 0 fully saturated rings. The minimum absolute atomic E-state index is 0.0423. The predicted molar refractivity (Wildman–Crippen MR) is 45.2 cm³/mol. The van der Waals surface area contributed by atoms with Crippen molar-refractivity contribution in [3.8, 4) is 0 Å². The second-order valence-corrected chi connectivity index (χ2v) is 4.58. The van der Waals surface area contributed by atoms with Crippen LogP contribution in [0.25, 0.3) is 0 Å². The fraction of sp³-hybridized carbons (Fsp3) is 1.00. The number of rotatable bonds is 3. The Morgan fingerprint density at radius 2 is 2.00 bits per heavy atom. The molecule has 54 valence electrons. The van der Waals surface area contributed by atoms with Gasteiger partial charge in [0.15, 0.2) is 0 Å². The molecule has 0 aliphatic carbocycles. The summed E-state index contributed by atoms with van der Waals surface area (Å²) in [6.07, 6.45) is 0. The first-order chi connectivity index (χ1) is 4.06. The molecule has 0 aromatic heterocycles. The van der Waals surface area contributed by atoms with E-state index in [0.29, 0.717) is 9.76 Å². The van der Waals surface area contributed by atoms with E-state index >= 15 is 0 Å². The first kappa shape index (κ1) is 9.66. The molecule has 0 aromatic rings. The number of hydrogen-bond acceptors (Lipinski definition) is 1. The van der Waals surface area contributed by atoms with Crippen LogP contribution in [0.2, 0.25) is 6.04 Å². The molecule has 0 aromatic carbocycles. The molecule has 3 heteroatoms. The van der Waals surface area contributed by atoms with Crippen molar-refractivity contribution in [2.45, 2.75) is 32.4 Å². The summed E-state index contributed by atoms with van der Waals surface area (Å²) in [4.78, 5) is 0. The molecule has 0 spiro atoms. The number of halogens is 1. The van der Waals surface area contributed by atoms with E-state index in [9.17, 15) is 0 Å². The fourth-order valence-electron chi connectivity index (χ4n) is 0.306. The van der Waals surface area contributed by atoms with Crippen LogP contribution < -0.4 is 0 Å². The summed E-state index contributed by atoms with van der Waals surface area (Å²) in [5.74, 6) is 0. The van der Waals surface area contributed by atoms with E-state index in [4.69, 9.17) is 4.43 Å². The Morgan fingerprint density at radius 1 is 1.44 bits per heavy atom. The zero-order valence-corrected chi connectivity index (χ0v) is 8.79. The van der Waals surface area contributed by atoms with Gasteiger partial charge in [-0.1, -0.05) is 15.9 Å². The highest BCUT2D eigenvalue weighted by Gasteiger charge is 2.08. The van der Waals surface area contributed by atoms with Crippen molar-refractivity contribution in [3.63, 3.8) is 0 Å². The van der Waals surface area contributed by atoms with E-state index in [1.165, 1.54) is 0 Å². The third kappa shape index (κ3) is 8.66. The smallest absolute Gasteiger partial charge is 0.231 e. The summed E-state index contributed by atoms with van der Waals surface area (Å²) in [6, 6.07) is 1.12. The van der Waals surface area contributed by atoms with E-state index in [0.717, 1.165) is 11.4 Å². The van der Waals surface area contributed by atoms with Crippen molar-refractivity contribution in [1.29, 1.82) is 0 Å². The average molecular weight is 209 g/mol. The molecular formula is C6H13BrOSi. The highest BCUT2D eigenvalue weighted by molar-refractivity contribution is 9.09. The van der Waals surface area contributed by atoms with E-state index in [1.54, 1.807) is 0 Å². The summed E-state index contributed by atoms with van der Waals surface area (Å²) in [6.45, 7) is 6.23. The van der Waals surface area contributed by atoms with Gasteiger partial charge in [0.05, 0.1) is 0 Å². The lowest BCUT2D eigenvalue weighted by molar-refractivity contribution is 0.138. The van der Waals surface area contributed by atoms with Crippen LogP contribution in [0.3, 0.4) is 0 Å². The standard InChI is InChI=1S/C6H13BrOSi/c1-6(2,3)8-9-5-4-7/h4-5H2,1-3H3. The zero-order chi connectivity index (χ0) is 7.33. The molecule has 2 radical (unpaired) electrons. The Kier molecular flexibility index (Phi) is 4.80. The molecule has 9 heavy (non-hydrogen) atoms. The molecule has 0 heterocycles. The van der Waals surface area contributed by atoms with E-state index < -0.39 is 0 Å². The molecule has 0 N–H and O–H groups in total. The highest BCUT2D eigenvalue weighted by atomic mass is 79.9. The quantitative estimate of drug-likeness (QED) is 0.393. The predicted octanol–water partition coefficient (Wildman–Crippen LogP) is 2.23. The molecule has 0 bridgehead atoms. The third-order valence-electron chi connectivity index (χ3n) is 0.575. The van der Waals surface area contributed by atoms with Crippen molar-refractivity contribution >= 4 is 25.7 Å². The SMILES string of the molecule is CC(C)(C)O[Si]CCBr. The summed E-state index contributed by atoms with van der Waals surface area (Å²) in [5, 5.41) is 1.04. The lowest BCUT2D eigenvalue weighted by Gasteiger charge is -2.18. The van der Waals surface area contributed by atoms with Crippen LogP contribution in [0.1, 0.15) is 20.8 Å². The van der Waals surface area contributed by atoms with Crippen molar-refractivity contribution in [3.05, 3.63) is 0 Å². The Morgan fingerprint density at radius 3 is 2.33 bits per heavy atom. The lowest BCUT2D eigenvalue weighted by atomic mass is 10.2. The minimum atomic E-state index is 0.0423. The maximum Gasteiger partial charge on any atom is 0.231 e. The van der Waals surface area contributed by atoms with Crippen LogP contribution in [0, 0.1) is 0 Å². The molecular weight excluding hydrogens is 196 g/mol. The van der Waals surface area contributed by atoms with Gasteiger partial charge in [0.25, 0.3) is 0 Å². The second-order valence-electron chi connectivity index (χ2n) is 2.80. The Balaban J connectivity index is 3.07. The van der Waals surface area contributed by atoms with Crippen molar-refractivity contribution in [2.75, 3.05) is 5.33 Å². The molecule has 0 atom stereocenters. The Labute approximate surface area is 68.2 Å². The molecule has 0 amide bonds. The van der Waals surface area contributed by atoms with Crippen molar-refractivity contribution < 1.29 is 4.43 Å². The van der Waals surface area contributed by atoms with Crippen LogP contribution in [0.5, 0.6) is 0 Å². The zero-order valence-electron chi connectivity index (χ0n) is 6.20. The monoisotopic (exact) mass is 208 g/mol. The lowest BCUT2D eigenvalue weighted by Crippen LogP contribution is -2.21. The largest absolute Gasteiger partial charge is 0.413 e. The van der Waals surface area contributed by atoms with Crippen LogP contribution in [0.15, 0.2) is 0 Å². The van der Waals surface area contributed by atoms with Gasteiger partial charge in [0.2, 0.25) is 9.76 Å². The van der Waals surface area contributed by atoms with Gasteiger partial charge in [-0.2, -0.15) is 0 Å². The number of hydrogen-bond donors (Lipinski definition) is 0. The maximum absolute atomic E-state index is 5.47. The third-order valence-corrected chi connectivity index (χ3v) is 2.91. The van der Waals surface area contributed by atoms with Crippen molar-refractivity contribution in [2.24, 2.45) is 0 Å². The minimum Gasteiger partial charge on any atom is -0.413 e. The number of alkyl halides is 1. The summed E-state index contributed by atoms with van der Waals surface area (Å²) >= 11 is 3.34. The van der Waals surface area contributed by atoms with E-state index in [-0.39, 0.29) is 5.60 Å². The van der Waals surface area contributed by atoms with Gasteiger partial charge in [-0.15, -0.1) is 0 Å². The summed E-state index contributed by atoms with van der Waals surface area (Å²) in [5.41, 5.74) is 0.0423. The van der Waals surface area contributed by atoms with Crippen LogP contribution in [-0.4, -0.2) is 20.7 Å². The molecule has 0 rings (SSSR count). The van der Waals surface area contributed by atoms with Gasteiger partial charge in [0, 0.05) is 10.9 Å². The molecule has 0 aliphatic rings. The van der Waals surface area contributed by atoms with Crippen LogP contribution in [0.4, 0.5) is 0 Å².